The Bertz CT molecular complexity index is 900. The van der Waals surface area contributed by atoms with Gasteiger partial charge in [0.2, 0.25) is 11.8 Å². The smallest absolute Gasteiger partial charge is 0.245 e. The summed E-state index contributed by atoms with van der Waals surface area (Å²) in [5.74, 6) is -0.117. The zero-order valence-electron chi connectivity index (χ0n) is 20.8. The lowest BCUT2D eigenvalue weighted by Crippen LogP contribution is -2.38. The second-order valence-electron chi connectivity index (χ2n) is 9.53. The first-order valence-electron chi connectivity index (χ1n) is 12.1. The Kier molecular flexibility index (Phi) is 10.1. The van der Waals surface area contributed by atoms with E-state index in [4.69, 9.17) is 0 Å². The zero-order chi connectivity index (χ0) is 24.4. The molecule has 0 spiro atoms. The van der Waals surface area contributed by atoms with Gasteiger partial charge in [0.05, 0.1) is 17.9 Å². The van der Waals surface area contributed by atoms with E-state index < -0.39 is 0 Å². The Balaban J connectivity index is 2.04. The molecule has 0 fully saturated rings. The molecule has 0 saturated heterocycles. The van der Waals surface area contributed by atoms with Crippen molar-refractivity contribution < 1.29 is 14.0 Å². The van der Waals surface area contributed by atoms with Crippen molar-refractivity contribution in [3.8, 4) is 5.69 Å². The molecule has 0 unspecified atom stereocenters. The van der Waals surface area contributed by atoms with Crippen LogP contribution in [0.15, 0.2) is 30.3 Å². The first-order valence-corrected chi connectivity index (χ1v) is 12.1. The van der Waals surface area contributed by atoms with Crippen molar-refractivity contribution in [1.29, 1.82) is 0 Å². The van der Waals surface area contributed by atoms with E-state index in [9.17, 15) is 14.0 Å². The van der Waals surface area contributed by atoms with Crippen LogP contribution in [0.3, 0.4) is 0 Å². The molecule has 0 aliphatic heterocycles. The Hall–Kier alpha value is -2.70. The zero-order valence-corrected chi connectivity index (χ0v) is 20.8. The second kappa shape index (κ2) is 12.5. The molecule has 0 aliphatic carbocycles. The molecule has 6 nitrogen and oxygen atoms in total. The van der Waals surface area contributed by atoms with Crippen molar-refractivity contribution >= 4 is 17.6 Å². The van der Waals surface area contributed by atoms with Crippen LogP contribution in [0.1, 0.15) is 85.3 Å². The highest BCUT2D eigenvalue weighted by Gasteiger charge is 2.22. The fourth-order valence-electron chi connectivity index (χ4n) is 3.56. The summed E-state index contributed by atoms with van der Waals surface area (Å²) in [6.07, 6.45) is 7.17. The van der Waals surface area contributed by atoms with Gasteiger partial charge >= 0.3 is 0 Å². The topological polar surface area (TPSA) is 67.2 Å². The Labute approximate surface area is 197 Å². The summed E-state index contributed by atoms with van der Waals surface area (Å²) >= 11 is 0. The van der Waals surface area contributed by atoms with Crippen molar-refractivity contribution in [2.24, 2.45) is 0 Å². The number of likely N-dealkylation sites (N-methyl/N-ethyl adjacent to an activating group) is 1. The molecule has 182 valence electrons. The fraction of sp³-hybridized carbons (Fsp3) is 0.577. The normalized spacial score (nSPS) is 11.5. The molecular formula is C26H39FN4O2. The number of nitrogens with one attached hydrogen (secondary N) is 1. The number of nitrogens with zero attached hydrogens (tertiary/aromatic N) is 3. The van der Waals surface area contributed by atoms with E-state index in [1.807, 2.05) is 33.8 Å². The molecule has 1 heterocycles. The number of anilines is 1. The highest BCUT2D eigenvalue weighted by Crippen LogP contribution is 2.26. The van der Waals surface area contributed by atoms with Crippen molar-refractivity contribution in [1.82, 2.24) is 14.7 Å². The molecule has 0 aliphatic rings. The number of halogens is 1. The summed E-state index contributed by atoms with van der Waals surface area (Å²) < 4.78 is 15.0. The SMILES string of the molecule is CCCCCCCCC(=O)N(CC)CC(=O)Nc1cc(C(C)(C)C)nn1-c1ccc(F)cc1. The molecule has 1 aromatic carbocycles. The van der Waals surface area contributed by atoms with Crippen molar-refractivity contribution in [2.75, 3.05) is 18.4 Å². The number of carbonyl (C=O) groups excluding carboxylic acids is 2. The maximum Gasteiger partial charge on any atom is 0.245 e. The van der Waals surface area contributed by atoms with Gasteiger partial charge < -0.3 is 10.2 Å². The highest BCUT2D eigenvalue weighted by molar-refractivity contribution is 5.94. The summed E-state index contributed by atoms with van der Waals surface area (Å²) in [6, 6.07) is 7.79. The number of amides is 2. The standard InChI is InChI=1S/C26H39FN4O2/c1-6-8-9-10-11-12-13-25(33)30(7-2)19-24(32)28-23-18-22(26(3,4)5)29-31(23)21-16-14-20(27)15-17-21/h14-18H,6-13,19H2,1-5H3,(H,28,32). The van der Waals surface area contributed by atoms with Crippen molar-refractivity contribution in [2.45, 2.75) is 85.0 Å². The first kappa shape index (κ1) is 26.6. The minimum absolute atomic E-state index is 0.00515. The minimum atomic E-state index is -0.338. The predicted octanol–water partition coefficient (Wildman–Crippen LogP) is 5.85. The largest absolute Gasteiger partial charge is 0.334 e. The first-order chi connectivity index (χ1) is 15.7. The molecule has 2 rings (SSSR count). The third-order valence-electron chi connectivity index (χ3n) is 5.63. The van der Waals surface area contributed by atoms with Crippen molar-refractivity contribution in [3.63, 3.8) is 0 Å². The summed E-state index contributed by atoms with van der Waals surface area (Å²) in [6.45, 7) is 10.6. The molecule has 2 amide bonds. The van der Waals surface area contributed by atoms with Gasteiger partial charge in [-0.1, -0.05) is 59.8 Å². The molecule has 33 heavy (non-hydrogen) atoms. The molecule has 0 saturated carbocycles. The second-order valence-corrected chi connectivity index (χ2v) is 9.53. The van der Waals surface area contributed by atoms with Crippen LogP contribution in [0.5, 0.6) is 0 Å². The average Bonchev–Trinajstić information content (AvgIpc) is 3.19. The fourth-order valence-corrected chi connectivity index (χ4v) is 3.56. The lowest BCUT2D eigenvalue weighted by atomic mass is 9.92. The van der Waals surface area contributed by atoms with Crippen LogP contribution in [0.2, 0.25) is 0 Å². The molecule has 0 atom stereocenters. The Morgan fingerprint density at radius 3 is 2.27 bits per heavy atom. The van der Waals surface area contributed by atoms with Crippen LogP contribution in [-0.4, -0.2) is 39.6 Å². The third kappa shape index (κ3) is 8.30. The molecule has 1 N–H and O–H groups in total. The number of benzene rings is 1. The third-order valence-corrected chi connectivity index (χ3v) is 5.63. The average molecular weight is 459 g/mol. The summed E-state index contributed by atoms with van der Waals surface area (Å²) in [4.78, 5) is 27.0. The van der Waals surface area contributed by atoms with Gasteiger partial charge in [-0.25, -0.2) is 9.07 Å². The lowest BCUT2D eigenvalue weighted by Gasteiger charge is -2.20. The number of unbranched alkanes of at least 4 members (excludes halogenated alkanes) is 5. The number of carbonyl (C=O) groups is 2. The van der Waals surface area contributed by atoms with Gasteiger partial charge in [-0.05, 0) is 37.6 Å². The van der Waals surface area contributed by atoms with E-state index in [-0.39, 0.29) is 29.6 Å². The molecule has 1 aromatic heterocycles. The minimum Gasteiger partial charge on any atom is -0.334 e. The molecule has 0 radical (unpaired) electrons. The van der Waals surface area contributed by atoms with E-state index in [1.54, 1.807) is 21.7 Å². The maximum atomic E-state index is 13.4. The summed E-state index contributed by atoms with van der Waals surface area (Å²) in [5, 5.41) is 7.54. The van der Waals surface area contributed by atoms with Crippen molar-refractivity contribution in [3.05, 3.63) is 41.8 Å². The van der Waals surface area contributed by atoms with Gasteiger partial charge in [-0.3, -0.25) is 9.59 Å². The molecule has 0 bridgehead atoms. The van der Waals surface area contributed by atoms with Crippen LogP contribution >= 0.6 is 0 Å². The maximum absolute atomic E-state index is 13.4. The predicted molar refractivity (Wildman–Crippen MR) is 131 cm³/mol. The van der Waals surface area contributed by atoms with Gasteiger partial charge in [-0.15, -0.1) is 0 Å². The van der Waals surface area contributed by atoms with E-state index in [2.05, 4.69) is 17.3 Å². The molecular weight excluding hydrogens is 419 g/mol. The van der Waals surface area contributed by atoms with Crippen LogP contribution < -0.4 is 5.32 Å². The van der Waals surface area contributed by atoms with Gasteiger partial charge in [0.1, 0.15) is 11.6 Å². The van der Waals surface area contributed by atoms with E-state index in [0.29, 0.717) is 24.5 Å². The van der Waals surface area contributed by atoms with Crippen LogP contribution in [0.4, 0.5) is 10.2 Å². The molecule has 7 heteroatoms. The monoisotopic (exact) mass is 458 g/mol. The number of hydrogen-bond acceptors (Lipinski definition) is 3. The quantitative estimate of drug-likeness (QED) is 0.406. The van der Waals surface area contributed by atoms with Gasteiger partial charge in [0, 0.05) is 24.4 Å². The number of aromatic nitrogens is 2. The summed E-state index contributed by atoms with van der Waals surface area (Å²) in [5.41, 5.74) is 1.22. The van der Waals surface area contributed by atoms with Gasteiger partial charge in [0.15, 0.2) is 0 Å². The molecule has 2 aromatic rings. The lowest BCUT2D eigenvalue weighted by molar-refractivity contribution is -0.134. The number of hydrogen-bond donors (Lipinski definition) is 1. The van der Waals surface area contributed by atoms with Crippen LogP contribution in [0.25, 0.3) is 5.69 Å². The van der Waals surface area contributed by atoms with E-state index >= 15 is 0 Å². The Morgan fingerprint density at radius 2 is 1.67 bits per heavy atom. The van der Waals surface area contributed by atoms with E-state index in [0.717, 1.165) is 25.0 Å². The van der Waals surface area contributed by atoms with Crippen LogP contribution in [-0.2, 0) is 15.0 Å². The number of rotatable bonds is 12. The summed E-state index contributed by atoms with van der Waals surface area (Å²) in [7, 11) is 0. The Morgan fingerprint density at radius 1 is 1.03 bits per heavy atom. The van der Waals surface area contributed by atoms with Gasteiger partial charge in [0.25, 0.3) is 0 Å². The van der Waals surface area contributed by atoms with E-state index in [1.165, 1.54) is 31.4 Å². The highest BCUT2D eigenvalue weighted by atomic mass is 19.1. The van der Waals surface area contributed by atoms with Gasteiger partial charge in [-0.2, -0.15) is 5.10 Å². The van der Waals surface area contributed by atoms with Crippen LogP contribution in [0, 0.1) is 5.82 Å².